The van der Waals surface area contributed by atoms with Crippen molar-refractivity contribution in [3.8, 4) is 11.5 Å². The summed E-state index contributed by atoms with van der Waals surface area (Å²) in [5.41, 5.74) is 2.16. The molecule has 2 aromatic rings. The monoisotopic (exact) mass is 389 g/mol. The van der Waals surface area contributed by atoms with Crippen molar-refractivity contribution in [3.05, 3.63) is 58.6 Å². The fraction of sp³-hybridized carbons (Fsp3) is 0.409. The maximum Gasteiger partial charge on any atom is 0.261 e. The minimum Gasteiger partial charge on any atom is -0.494 e. The molecule has 1 unspecified atom stereocenters. The summed E-state index contributed by atoms with van der Waals surface area (Å²) in [5, 5.41) is 3.66. The van der Waals surface area contributed by atoms with Crippen LogP contribution in [0.15, 0.2) is 42.5 Å². The van der Waals surface area contributed by atoms with Crippen LogP contribution in [0.4, 0.5) is 0 Å². The normalized spacial score (nSPS) is 11.7. The maximum absolute atomic E-state index is 12.4. The molecule has 27 heavy (non-hydrogen) atoms. The van der Waals surface area contributed by atoms with Crippen LogP contribution in [-0.2, 0) is 11.2 Å². The van der Waals surface area contributed by atoms with Crippen LogP contribution in [0.3, 0.4) is 0 Å². The lowest BCUT2D eigenvalue weighted by molar-refractivity contribution is -0.128. The first kappa shape index (κ1) is 21.1. The predicted octanol–water partition coefficient (Wildman–Crippen LogP) is 4.95. The smallest absolute Gasteiger partial charge is 0.261 e. The van der Waals surface area contributed by atoms with Crippen molar-refractivity contribution >= 4 is 17.5 Å². The zero-order valence-corrected chi connectivity index (χ0v) is 17.0. The Bertz CT molecular complexity index is 731. The van der Waals surface area contributed by atoms with E-state index in [4.69, 9.17) is 21.1 Å². The Kier molecular flexibility index (Phi) is 8.46. The second-order valence-corrected chi connectivity index (χ2v) is 6.80. The van der Waals surface area contributed by atoms with Crippen LogP contribution in [0.1, 0.15) is 37.8 Å². The van der Waals surface area contributed by atoms with Crippen molar-refractivity contribution in [3.63, 3.8) is 0 Å². The number of ether oxygens (including phenoxy) is 2. The van der Waals surface area contributed by atoms with E-state index in [1.165, 1.54) is 5.56 Å². The molecule has 146 valence electrons. The summed E-state index contributed by atoms with van der Waals surface area (Å²) in [6.45, 7) is 7.11. The number of rotatable bonds is 10. The Morgan fingerprint density at radius 3 is 2.44 bits per heavy atom. The molecule has 0 aliphatic carbocycles. The molecule has 2 aromatic carbocycles. The highest BCUT2D eigenvalue weighted by Crippen LogP contribution is 2.22. The van der Waals surface area contributed by atoms with Gasteiger partial charge in [-0.2, -0.15) is 0 Å². The van der Waals surface area contributed by atoms with Gasteiger partial charge in [0.05, 0.1) is 6.61 Å². The molecular formula is C22H28ClNO3. The van der Waals surface area contributed by atoms with Crippen LogP contribution >= 0.6 is 11.6 Å². The van der Waals surface area contributed by atoms with E-state index in [9.17, 15) is 4.79 Å². The molecule has 4 nitrogen and oxygen atoms in total. The summed E-state index contributed by atoms with van der Waals surface area (Å²) >= 11 is 6.03. The first-order valence-electron chi connectivity index (χ1n) is 9.45. The molecule has 0 spiro atoms. The molecule has 2 rings (SSSR count). The van der Waals surface area contributed by atoms with E-state index in [1.807, 2.05) is 39.0 Å². The van der Waals surface area contributed by atoms with Crippen molar-refractivity contribution in [2.24, 2.45) is 0 Å². The van der Waals surface area contributed by atoms with E-state index < -0.39 is 6.10 Å². The van der Waals surface area contributed by atoms with Crippen molar-refractivity contribution in [2.45, 2.75) is 46.1 Å². The molecular weight excluding hydrogens is 362 g/mol. The fourth-order valence-corrected chi connectivity index (χ4v) is 2.83. The van der Waals surface area contributed by atoms with Crippen LogP contribution in [0, 0.1) is 6.92 Å². The van der Waals surface area contributed by atoms with E-state index in [0.717, 1.165) is 24.2 Å². The average Bonchev–Trinajstić information content (AvgIpc) is 2.67. The van der Waals surface area contributed by atoms with Crippen LogP contribution < -0.4 is 14.8 Å². The van der Waals surface area contributed by atoms with Gasteiger partial charge in [0.15, 0.2) is 6.10 Å². The molecule has 1 N–H and O–H groups in total. The topological polar surface area (TPSA) is 47.6 Å². The van der Waals surface area contributed by atoms with Gasteiger partial charge in [-0.15, -0.1) is 0 Å². The van der Waals surface area contributed by atoms with Gasteiger partial charge in [-0.3, -0.25) is 4.79 Å². The molecule has 0 saturated carbocycles. The van der Waals surface area contributed by atoms with Crippen molar-refractivity contribution in [2.75, 3.05) is 13.2 Å². The lowest BCUT2D eigenvalue weighted by Crippen LogP contribution is -2.38. The lowest BCUT2D eigenvalue weighted by atomic mass is 10.1. The standard InChI is InChI=1S/C22H28ClNO3/c1-4-21(27-19-12-13-20(23)16(3)15-19)22(25)24-14-6-7-17-8-10-18(11-9-17)26-5-2/h8-13,15,21H,4-7,14H2,1-3H3,(H,24,25). The molecule has 1 amide bonds. The summed E-state index contributed by atoms with van der Waals surface area (Å²) < 4.78 is 11.3. The molecule has 0 radical (unpaired) electrons. The summed E-state index contributed by atoms with van der Waals surface area (Å²) in [7, 11) is 0. The molecule has 0 bridgehead atoms. The van der Waals surface area contributed by atoms with Crippen LogP contribution in [0.5, 0.6) is 11.5 Å². The third-order valence-electron chi connectivity index (χ3n) is 4.25. The third-order valence-corrected chi connectivity index (χ3v) is 4.67. The fourth-order valence-electron chi connectivity index (χ4n) is 2.71. The number of amides is 1. The van der Waals surface area contributed by atoms with E-state index in [0.29, 0.717) is 30.3 Å². The van der Waals surface area contributed by atoms with Crippen molar-refractivity contribution in [1.82, 2.24) is 5.32 Å². The zero-order chi connectivity index (χ0) is 19.6. The van der Waals surface area contributed by atoms with Crippen molar-refractivity contribution < 1.29 is 14.3 Å². The second kappa shape index (κ2) is 10.8. The Morgan fingerprint density at radius 2 is 1.81 bits per heavy atom. The van der Waals surface area contributed by atoms with Gasteiger partial charge in [-0.1, -0.05) is 30.7 Å². The third kappa shape index (κ3) is 6.79. The summed E-state index contributed by atoms with van der Waals surface area (Å²) in [6.07, 6.45) is 1.87. The molecule has 0 aromatic heterocycles. The number of hydrogen-bond donors (Lipinski definition) is 1. The van der Waals surface area contributed by atoms with E-state index >= 15 is 0 Å². The Hall–Kier alpha value is -2.20. The van der Waals surface area contributed by atoms with Gasteiger partial charge in [-0.05, 0) is 74.6 Å². The second-order valence-electron chi connectivity index (χ2n) is 6.40. The van der Waals surface area contributed by atoms with Gasteiger partial charge in [-0.25, -0.2) is 0 Å². The first-order valence-corrected chi connectivity index (χ1v) is 9.83. The summed E-state index contributed by atoms with van der Waals surface area (Å²) in [5.74, 6) is 1.46. The predicted molar refractivity (Wildman–Crippen MR) is 110 cm³/mol. The number of halogens is 1. The number of carbonyl (C=O) groups excluding carboxylic acids is 1. The molecule has 0 saturated heterocycles. The maximum atomic E-state index is 12.4. The summed E-state index contributed by atoms with van der Waals surface area (Å²) in [4.78, 5) is 12.4. The SMILES string of the molecule is CCOc1ccc(CCCNC(=O)C(CC)Oc2ccc(Cl)c(C)c2)cc1. The molecule has 0 aliphatic rings. The van der Waals surface area contributed by atoms with Gasteiger partial charge in [0, 0.05) is 11.6 Å². The number of hydrogen-bond acceptors (Lipinski definition) is 3. The average molecular weight is 390 g/mol. The number of aryl methyl sites for hydroxylation is 2. The Labute approximate surface area is 166 Å². The van der Waals surface area contributed by atoms with Crippen molar-refractivity contribution in [1.29, 1.82) is 0 Å². The minimum absolute atomic E-state index is 0.0863. The molecule has 0 heterocycles. The van der Waals surface area contributed by atoms with Gasteiger partial charge in [0.25, 0.3) is 5.91 Å². The highest BCUT2D eigenvalue weighted by atomic mass is 35.5. The quantitative estimate of drug-likeness (QED) is 0.584. The zero-order valence-electron chi connectivity index (χ0n) is 16.3. The lowest BCUT2D eigenvalue weighted by Gasteiger charge is -2.18. The van der Waals surface area contributed by atoms with Gasteiger partial charge in [0.2, 0.25) is 0 Å². The first-order chi connectivity index (χ1) is 13.0. The molecule has 0 aliphatic heterocycles. The Morgan fingerprint density at radius 1 is 1.11 bits per heavy atom. The van der Waals surface area contributed by atoms with Gasteiger partial charge in [0.1, 0.15) is 11.5 Å². The largest absolute Gasteiger partial charge is 0.494 e. The van der Waals surface area contributed by atoms with Crippen LogP contribution in [-0.4, -0.2) is 25.2 Å². The molecule has 1 atom stereocenters. The van der Waals surface area contributed by atoms with E-state index in [2.05, 4.69) is 17.4 Å². The molecule has 5 heteroatoms. The van der Waals surface area contributed by atoms with Crippen LogP contribution in [0.2, 0.25) is 5.02 Å². The Balaban J connectivity index is 1.76. The highest BCUT2D eigenvalue weighted by molar-refractivity contribution is 6.31. The summed E-state index contributed by atoms with van der Waals surface area (Å²) in [6, 6.07) is 13.5. The van der Waals surface area contributed by atoms with E-state index in [1.54, 1.807) is 12.1 Å². The van der Waals surface area contributed by atoms with Crippen LogP contribution in [0.25, 0.3) is 0 Å². The minimum atomic E-state index is -0.504. The number of nitrogens with one attached hydrogen (secondary N) is 1. The molecule has 0 fully saturated rings. The number of carbonyl (C=O) groups is 1. The highest BCUT2D eigenvalue weighted by Gasteiger charge is 2.18. The van der Waals surface area contributed by atoms with Gasteiger partial charge >= 0.3 is 0 Å². The number of benzene rings is 2. The van der Waals surface area contributed by atoms with E-state index in [-0.39, 0.29) is 5.91 Å². The van der Waals surface area contributed by atoms with Gasteiger partial charge < -0.3 is 14.8 Å².